The molecule has 50 heavy (non-hydrogen) atoms. The lowest BCUT2D eigenvalue weighted by Gasteiger charge is -2.39. The van der Waals surface area contributed by atoms with E-state index in [1.54, 1.807) is 48.2 Å². The minimum atomic E-state index is -0.677. The second-order valence-electron chi connectivity index (χ2n) is 13.0. The number of nitrogens with zero attached hydrogens (tertiary/aromatic N) is 4. The molecule has 2 amide bonds. The first-order chi connectivity index (χ1) is 23.8. The van der Waals surface area contributed by atoms with E-state index in [-0.39, 0.29) is 24.4 Å². The Balaban J connectivity index is 1.47. The van der Waals surface area contributed by atoms with E-state index >= 15 is 0 Å². The second kappa shape index (κ2) is 15.5. The molecule has 0 atom stereocenters. The zero-order valence-electron chi connectivity index (χ0n) is 29.0. The summed E-state index contributed by atoms with van der Waals surface area (Å²) in [5.41, 5.74) is 4.18. The van der Waals surface area contributed by atoms with Crippen molar-refractivity contribution in [1.82, 2.24) is 19.8 Å². The number of rotatable bonds is 9. The van der Waals surface area contributed by atoms with Crippen molar-refractivity contribution >= 4 is 41.5 Å². The SMILES string of the molecule is COc1cc(-c2nccc(-c3cccc(-c4ccc(C=O)c(OC)n4)c3Cl)c2Cl)ccc1CN(C(=O)OC(C)(C)C)C1CCN(C(C)=O)CC1. The van der Waals surface area contributed by atoms with E-state index < -0.39 is 11.7 Å². The zero-order chi connectivity index (χ0) is 36.2. The van der Waals surface area contributed by atoms with E-state index in [1.165, 1.54) is 7.11 Å². The summed E-state index contributed by atoms with van der Waals surface area (Å²) in [4.78, 5) is 49.5. The third-order valence-corrected chi connectivity index (χ3v) is 9.33. The van der Waals surface area contributed by atoms with Gasteiger partial charge in [-0.2, -0.15) is 0 Å². The Morgan fingerprint density at radius 3 is 2.30 bits per heavy atom. The van der Waals surface area contributed by atoms with Gasteiger partial charge >= 0.3 is 6.09 Å². The number of carbonyl (C=O) groups is 3. The number of methoxy groups -OCH3 is 2. The van der Waals surface area contributed by atoms with Crippen molar-refractivity contribution in [2.45, 2.75) is 58.7 Å². The molecule has 0 N–H and O–H groups in total. The molecule has 262 valence electrons. The first-order valence-electron chi connectivity index (χ1n) is 16.2. The number of aromatic nitrogens is 2. The van der Waals surface area contributed by atoms with E-state index in [0.29, 0.717) is 87.2 Å². The Kier molecular flexibility index (Phi) is 11.3. The Hall–Kier alpha value is -4.67. The van der Waals surface area contributed by atoms with Gasteiger partial charge in [0.25, 0.3) is 0 Å². The molecule has 0 aliphatic carbocycles. The molecule has 0 spiro atoms. The molecule has 2 aromatic carbocycles. The average molecular weight is 720 g/mol. The number of hydrogen-bond acceptors (Lipinski definition) is 8. The molecule has 1 fully saturated rings. The zero-order valence-corrected chi connectivity index (χ0v) is 30.5. The smallest absolute Gasteiger partial charge is 0.410 e. The molecule has 10 nitrogen and oxygen atoms in total. The molecule has 5 rings (SSSR count). The normalized spacial score (nSPS) is 13.5. The summed E-state index contributed by atoms with van der Waals surface area (Å²) in [5.74, 6) is 0.784. The lowest BCUT2D eigenvalue weighted by Crippen LogP contribution is -2.49. The van der Waals surface area contributed by atoms with Crippen LogP contribution in [0.15, 0.2) is 60.8 Å². The third-order valence-electron chi connectivity index (χ3n) is 8.54. The number of benzene rings is 2. The first kappa shape index (κ1) is 36.6. The van der Waals surface area contributed by atoms with Crippen LogP contribution >= 0.6 is 23.2 Å². The van der Waals surface area contributed by atoms with Crippen molar-refractivity contribution < 1.29 is 28.6 Å². The molecule has 3 heterocycles. The van der Waals surface area contributed by atoms with Gasteiger partial charge in [-0.15, -0.1) is 0 Å². The van der Waals surface area contributed by atoms with Gasteiger partial charge < -0.3 is 24.0 Å². The lowest BCUT2D eigenvalue weighted by atomic mass is 9.98. The van der Waals surface area contributed by atoms with E-state index in [2.05, 4.69) is 9.97 Å². The Labute approximate surface area is 302 Å². The van der Waals surface area contributed by atoms with Crippen LogP contribution in [0.1, 0.15) is 56.5 Å². The summed E-state index contributed by atoms with van der Waals surface area (Å²) in [7, 11) is 3.03. The number of carbonyl (C=O) groups excluding carboxylic acids is 3. The minimum Gasteiger partial charge on any atom is -0.496 e. The van der Waals surface area contributed by atoms with Gasteiger partial charge in [-0.3, -0.25) is 14.6 Å². The summed E-state index contributed by atoms with van der Waals surface area (Å²) >= 11 is 14.0. The van der Waals surface area contributed by atoms with Crippen LogP contribution in [-0.4, -0.2) is 77.0 Å². The highest BCUT2D eigenvalue weighted by molar-refractivity contribution is 6.39. The van der Waals surface area contributed by atoms with Crippen LogP contribution in [0.25, 0.3) is 33.6 Å². The summed E-state index contributed by atoms with van der Waals surface area (Å²) in [5, 5.41) is 0.806. The molecule has 1 aliphatic rings. The predicted molar refractivity (Wildman–Crippen MR) is 194 cm³/mol. The molecular formula is C38H40Cl2N4O6. The maximum Gasteiger partial charge on any atom is 0.410 e. The molecule has 0 saturated carbocycles. The van der Waals surface area contributed by atoms with Crippen LogP contribution in [0.5, 0.6) is 11.6 Å². The van der Waals surface area contributed by atoms with E-state index in [9.17, 15) is 14.4 Å². The van der Waals surface area contributed by atoms with Gasteiger partial charge in [-0.1, -0.05) is 53.5 Å². The van der Waals surface area contributed by atoms with Crippen molar-refractivity contribution in [3.8, 4) is 45.3 Å². The highest BCUT2D eigenvalue weighted by Gasteiger charge is 2.32. The van der Waals surface area contributed by atoms with Crippen LogP contribution in [0.4, 0.5) is 4.79 Å². The summed E-state index contributed by atoms with van der Waals surface area (Å²) in [6.07, 6.45) is 3.21. The number of likely N-dealkylation sites (tertiary alicyclic amines) is 1. The molecule has 0 unspecified atom stereocenters. The third kappa shape index (κ3) is 8.03. The molecular weight excluding hydrogens is 679 g/mol. The van der Waals surface area contributed by atoms with Gasteiger partial charge in [-0.05, 0) is 57.9 Å². The first-order valence-corrected chi connectivity index (χ1v) is 17.0. The Morgan fingerprint density at radius 1 is 0.960 bits per heavy atom. The largest absolute Gasteiger partial charge is 0.496 e. The van der Waals surface area contributed by atoms with Crippen molar-refractivity contribution in [1.29, 1.82) is 0 Å². The number of aldehydes is 1. The molecule has 2 aromatic heterocycles. The fraction of sp³-hybridized carbons (Fsp3) is 0.342. The number of halogens is 2. The molecule has 0 bridgehead atoms. The van der Waals surface area contributed by atoms with Crippen molar-refractivity contribution in [2.24, 2.45) is 0 Å². The van der Waals surface area contributed by atoms with Crippen LogP contribution < -0.4 is 9.47 Å². The van der Waals surface area contributed by atoms with Gasteiger partial charge in [0.1, 0.15) is 11.4 Å². The van der Waals surface area contributed by atoms with E-state index in [0.717, 1.165) is 5.56 Å². The predicted octanol–water partition coefficient (Wildman–Crippen LogP) is 8.36. The fourth-order valence-corrected chi connectivity index (χ4v) is 6.65. The van der Waals surface area contributed by atoms with Crippen LogP contribution in [-0.2, 0) is 16.1 Å². The number of pyridine rings is 2. The summed E-state index contributed by atoms with van der Waals surface area (Å²) in [6.45, 7) is 8.47. The number of piperidine rings is 1. The highest BCUT2D eigenvalue weighted by atomic mass is 35.5. The van der Waals surface area contributed by atoms with Gasteiger partial charge in [0.2, 0.25) is 11.8 Å². The van der Waals surface area contributed by atoms with Crippen LogP contribution in [0.2, 0.25) is 10.0 Å². The fourth-order valence-electron chi connectivity index (χ4n) is 6.01. The molecule has 1 saturated heterocycles. The van der Waals surface area contributed by atoms with Gasteiger partial charge in [0.15, 0.2) is 6.29 Å². The molecule has 12 heteroatoms. The molecule has 4 aromatic rings. The Bertz CT molecular complexity index is 1900. The van der Waals surface area contributed by atoms with Gasteiger partial charge in [0, 0.05) is 60.1 Å². The number of ether oxygens (including phenoxy) is 3. The molecule has 1 aliphatic heterocycles. The van der Waals surface area contributed by atoms with Gasteiger partial charge in [0.05, 0.1) is 47.8 Å². The number of hydrogen-bond donors (Lipinski definition) is 0. The average Bonchev–Trinajstić information content (AvgIpc) is 3.10. The quantitative estimate of drug-likeness (QED) is 0.159. The molecule has 0 radical (unpaired) electrons. The van der Waals surface area contributed by atoms with Gasteiger partial charge in [-0.25, -0.2) is 9.78 Å². The lowest BCUT2D eigenvalue weighted by molar-refractivity contribution is -0.130. The van der Waals surface area contributed by atoms with Crippen LogP contribution in [0, 0.1) is 0 Å². The maximum atomic E-state index is 13.5. The monoisotopic (exact) mass is 718 g/mol. The van der Waals surface area contributed by atoms with Crippen molar-refractivity contribution in [3.63, 3.8) is 0 Å². The van der Waals surface area contributed by atoms with E-state index in [4.69, 9.17) is 37.4 Å². The highest BCUT2D eigenvalue weighted by Crippen LogP contribution is 2.42. The van der Waals surface area contributed by atoms with Crippen LogP contribution in [0.3, 0.4) is 0 Å². The number of amides is 2. The van der Waals surface area contributed by atoms with E-state index in [1.807, 2.05) is 57.2 Å². The summed E-state index contributed by atoms with van der Waals surface area (Å²) in [6, 6.07) is 16.2. The summed E-state index contributed by atoms with van der Waals surface area (Å²) < 4.78 is 16.9. The topological polar surface area (TPSA) is 111 Å². The maximum absolute atomic E-state index is 13.5. The van der Waals surface area contributed by atoms with Crippen molar-refractivity contribution in [2.75, 3.05) is 27.3 Å². The second-order valence-corrected chi connectivity index (χ2v) is 13.7. The van der Waals surface area contributed by atoms with Crippen molar-refractivity contribution in [3.05, 3.63) is 82.0 Å². The standard InChI is InChI=1S/C38H40Cl2N4O6/c1-23(46)43-18-15-27(16-19-43)44(37(47)50-38(2,3)4)21-25-11-10-24(20-32(25)48-5)35-34(40)29(14-17-41-35)28-8-7-9-30(33(28)39)31-13-12-26(22-45)36(42-31)49-6/h7-14,17,20,22,27H,15-16,18-19,21H2,1-6H3. The Morgan fingerprint density at radius 2 is 1.66 bits per heavy atom. The minimum absolute atomic E-state index is 0.0268.